The van der Waals surface area contributed by atoms with Gasteiger partial charge in [0.15, 0.2) is 0 Å². The lowest BCUT2D eigenvalue weighted by Crippen LogP contribution is -2.30. The molecule has 11 aromatic rings. The van der Waals surface area contributed by atoms with Crippen LogP contribution in [0, 0.1) is 0 Å². The van der Waals surface area contributed by atoms with Gasteiger partial charge in [0.2, 0.25) is 0 Å². The Morgan fingerprint density at radius 3 is 2.07 bits per heavy atom. The summed E-state index contributed by atoms with van der Waals surface area (Å²) in [6.07, 6.45) is 8.35. The zero-order valence-corrected chi connectivity index (χ0v) is 30.2. The number of rotatable bonds is 2. The molecule has 8 aromatic carbocycles. The first kappa shape index (κ1) is 30.0. The molecule has 0 radical (unpaired) electrons. The van der Waals surface area contributed by atoms with Gasteiger partial charge in [0, 0.05) is 23.2 Å². The van der Waals surface area contributed by atoms with E-state index in [0.717, 1.165) is 27.8 Å². The van der Waals surface area contributed by atoms with Crippen LogP contribution in [0.25, 0.3) is 94.5 Å². The van der Waals surface area contributed by atoms with Crippen molar-refractivity contribution >= 4 is 66.4 Å². The van der Waals surface area contributed by atoms with Gasteiger partial charge in [-0.3, -0.25) is 4.57 Å². The first-order valence-electron chi connectivity index (χ1n) is 19.3. The molecule has 0 saturated heterocycles. The minimum Gasteiger partial charge on any atom is -0.278 e. The maximum atomic E-state index is 4.84. The molecule has 0 saturated carbocycles. The summed E-state index contributed by atoms with van der Waals surface area (Å²) in [7, 11) is 0. The molecule has 3 nitrogen and oxygen atoms in total. The Morgan fingerprint density at radius 2 is 1.18 bits per heavy atom. The van der Waals surface area contributed by atoms with Crippen LogP contribution in [0.3, 0.4) is 0 Å². The summed E-state index contributed by atoms with van der Waals surface area (Å²) in [5.41, 5.74) is 14.2. The molecule has 56 heavy (non-hydrogen) atoms. The molecule has 2 aliphatic rings. The Kier molecular flexibility index (Phi) is 5.83. The van der Waals surface area contributed by atoms with E-state index in [2.05, 4.69) is 156 Å². The molecule has 3 heterocycles. The molecule has 1 atom stereocenters. The fraction of sp³-hybridized carbons (Fsp3) is 0.0189. The number of aromatic nitrogens is 3. The smallest absolute Gasteiger partial charge is 0.146 e. The van der Waals surface area contributed by atoms with Gasteiger partial charge >= 0.3 is 0 Å². The molecule has 0 N–H and O–H groups in total. The van der Waals surface area contributed by atoms with Gasteiger partial charge in [-0.2, -0.15) is 0 Å². The van der Waals surface area contributed by atoms with Crippen LogP contribution in [-0.2, 0) is 5.41 Å². The molecule has 1 spiro atoms. The van der Waals surface area contributed by atoms with Crippen LogP contribution in [-0.4, -0.2) is 14.5 Å². The van der Waals surface area contributed by atoms with E-state index in [-0.39, 0.29) is 0 Å². The summed E-state index contributed by atoms with van der Waals surface area (Å²) in [4.78, 5) is 9.56. The highest BCUT2D eigenvalue weighted by Gasteiger charge is 2.49. The van der Waals surface area contributed by atoms with Gasteiger partial charge in [0.05, 0.1) is 10.9 Å². The fourth-order valence-electron chi connectivity index (χ4n) is 10.4. The Hall–Kier alpha value is -7.36. The van der Waals surface area contributed by atoms with Crippen molar-refractivity contribution in [2.24, 2.45) is 0 Å². The highest BCUT2D eigenvalue weighted by Crippen LogP contribution is 2.61. The third-order valence-corrected chi connectivity index (χ3v) is 12.7. The van der Waals surface area contributed by atoms with Crippen molar-refractivity contribution in [3.63, 3.8) is 0 Å². The summed E-state index contributed by atoms with van der Waals surface area (Å²) >= 11 is 0. The van der Waals surface area contributed by atoms with Crippen LogP contribution in [0.1, 0.15) is 33.4 Å². The molecule has 0 amide bonds. The number of hydrogen-bond donors (Lipinski definition) is 0. The van der Waals surface area contributed by atoms with Crippen molar-refractivity contribution in [3.8, 4) is 28.1 Å². The summed E-state index contributed by atoms with van der Waals surface area (Å²) in [6.45, 7) is 0. The molecule has 0 fully saturated rings. The number of nitrogens with zero attached hydrogens (tertiary/aromatic N) is 3. The van der Waals surface area contributed by atoms with E-state index in [4.69, 9.17) is 9.97 Å². The van der Waals surface area contributed by atoms with Gasteiger partial charge in [-0.25, -0.2) is 9.97 Å². The van der Waals surface area contributed by atoms with Crippen LogP contribution in [0.5, 0.6) is 0 Å². The van der Waals surface area contributed by atoms with Crippen molar-refractivity contribution in [2.75, 3.05) is 0 Å². The van der Waals surface area contributed by atoms with Gasteiger partial charge in [0.1, 0.15) is 11.5 Å². The molecule has 13 rings (SSSR count). The number of fused-ring (bicyclic) bond motifs is 13. The van der Waals surface area contributed by atoms with E-state index in [1.165, 1.54) is 88.0 Å². The van der Waals surface area contributed by atoms with E-state index < -0.39 is 5.41 Å². The van der Waals surface area contributed by atoms with Gasteiger partial charge < -0.3 is 0 Å². The van der Waals surface area contributed by atoms with Gasteiger partial charge in [-0.05, 0) is 136 Å². The molecule has 3 aromatic heterocycles. The molecule has 0 bridgehead atoms. The number of benzene rings is 8. The van der Waals surface area contributed by atoms with Crippen LogP contribution in [0.2, 0.25) is 0 Å². The molecule has 2 aliphatic carbocycles. The predicted octanol–water partition coefficient (Wildman–Crippen LogP) is 13.0. The summed E-state index contributed by atoms with van der Waals surface area (Å²) in [5.74, 6) is 0.862. The second-order valence-electron chi connectivity index (χ2n) is 15.3. The lowest BCUT2D eigenvalue weighted by Gasteiger charge is -2.36. The van der Waals surface area contributed by atoms with Crippen LogP contribution < -0.4 is 0 Å². The second kappa shape index (κ2) is 10.9. The summed E-state index contributed by atoms with van der Waals surface area (Å²) < 4.78 is 2.17. The molecular formula is C53H31N3. The van der Waals surface area contributed by atoms with Crippen LogP contribution in [0.15, 0.2) is 176 Å². The van der Waals surface area contributed by atoms with Crippen molar-refractivity contribution in [2.45, 2.75) is 5.41 Å². The lowest BCUT2D eigenvalue weighted by molar-refractivity contribution is 0.768. The molecular weight excluding hydrogens is 679 g/mol. The maximum absolute atomic E-state index is 4.84. The second-order valence-corrected chi connectivity index (χ2v) is 15.3. The Balaban J connectivity index is 1.12. The Bertz CT molecular complexity index is 3470. The summed E-state index contributed by atoms with van der Waals surface area (Å²) in [5, 5.41) is 10.2. The van der Waals surface area contributed by atoms with Crippen molar-refractivity contribution in [1.29, 1.82) is 0 Å². The Labute approximate surface area is 322 Å². The van der Waals surface area contributed by atoms with Crippen molar-refractivity contribution in [1.82, 2.24) is 14.5 Å². The lowest BCUT2D eigenvalue weighted by atomic mass is 9.65. The quantitative estimate of drug-likeness (QED) is 0.167. The third kappa shape index (κ3) is 3.76. The third-order valence-electron chi connectivity index (χ3n) is 12.7. The maximum Gasteiger partial charge on any atom is 0.146 e. The van der Waals surface area contributed by atoms with Crippen molar-refractivity contribution in [3.05, 3.63) is 210 Å². The zero-order valence-electron chi connectivity index (χ0n) is 30.2. The first-order chi connectivity index (χ1) is 27.8. The van der Waals surface area contributed by atoms with Crippen LogP contribution >= 0.6 is 0 Å². The van der Waals surface area contributed by atoms with E-state index in [0.29, 0.717) is 0 Å². The highest BCUT2D eigenvalue weighted by atomic mass is 15.1. The van der Waals surface area contributed by atoms with Crippen LogP contribution in [0.4, 0.5) is 0 Å². The summed E-state index contributed by atoms with van der Waals surface area (Å²) in [6, 6.07) is 60.9. The van der Waals surface area contributed by atoms with Gasteiger partial charge in [-0.15, -0.1) is 0 Å². The van der Waals surface area contributed by atoms with E-state index in [9.17, 15) is 0 Å². The first-order valence-corrected chi connectivity index (χ1v) is 19.3. The average molecular weight is 710 g/mol. The topological polar surface area (TPSA) is 30.7 Å². The predicted molar refractivity (Wildman–Crippen MR) is 232 cm³/mol. The van der Waals surface area contributed by atoms with Crippen molar-refractivity contribution < 1.29 is 0 Å². The minimum absolute atomic E-state index is 0.551. The monoisotopic (exact) mass is 709 g/mol. The largest absolute Gasteiger partial charge is 0.278 e. The minimum atomic E-state index is -0.551. The standard InChI is InChI=1S/C53H31N3/c1-3-14-43-32(9-1)17-18-33-19-21-37(36-24-26-47-42(29-36)39-13-8-28-55-52(39)56(47)48-16-5-6-27-54-48)30-45(33)53(43)44-15-4-2-12-40(44)51-41-25-23-35-11-7-10-34-20-22-38(31-46(51)53)50(41)49(34)35/h1-31H. The highest BCUT2D eigenvalue weighted by molar-refractivity contribution is 6.27. The zero-order chi connectivity index (χ0) is 36.5. The normalized spacial score (nSPS) is 15.5. The fourth-order valence-corrected chi connectivity index (χ4v) is 10.4. The molecule has 3 heteroatoms. The number of pyridine rings is 2. The SMILES string of the molecule is C1=Cc2ccc(-c3ccc4c(c3)c3cccnc3n4-c3ccccn3)cc2C2(c3ccccc31)c1ccccc1-c1c2cc2ccc3cccc4ccc1c2c34. The Morgan fingerprint density at radius 1 is 0.429 bits per heavy atom. The molecule has 1 unspecified atom stereocenters. The molecule has 258 valence electrons. The molecule has 0 aliphatic heterocycles. The number of hydrogen-bond acceptors (Lipinski definition) is 2. The van der Waals surface area contributed by atoms with E-state index in [1.807, 2.05) is 36.7 Å². The average Bonchev–Trinajstić information content (AvgIpc) is 3.69. The van der Waals surface area contributed by atoms with Gasteiger partial charge in [0.25, 0.3) is 0 Å². The van der Waals surface area contributed by atoms with E-state index >= 15 is 0 Å². The van der Waals surface area contributed by atoms with Gasteiger partial charge in [-0.1, -0.05) is 127 Å². The van der Waals surface area contributed by atoms with E-state index in [1.54, 1.807) is 0 Å².